The standard InChI is InChI=1S/C13H14N2O2S/c1-2-15-8-10(7-14-15)9-18-12-5-3-4-11(6-12)13(16)17/h3-8H,2,9H2,1H3,(H,16,17). The first kappa shape index (κ1) is 12.7. The fourth-order valence-corrected chi connectivity index (χ4v) is 2.41. The summed E-state index contributed by atoms with van der Waals surface area (Å²) >= 11 is 1.61. The maximum absolute atomic E-state index is 10.8. The third-order valence-electron chi connectivity index (χ3n) is 2.50. The molecule has 0 aliphatic carbocycles. The molecule has 94 valence electrons. The van der Waals surface area contributed by atoms with E-state index in [1.807, 2.05) is 30.1 Å². The van der Waals surface area contributed by atoms with Crippen molar-refractivity contribution in [3.8, 4) is 0 Å². The van der Waals surface area contributed by atoms with E-state index in [1.54, 1.807) is 30.0 Å². The lowest BCUT2D eigenvalue weighted by atomic mass is 10.2. The lowest BCUT2D eigenvalue weighted by Crippen LogP contribution is -1.95. The third kappa shape index (κ3) is 3.13. The molecule has 4 nitrogen and oxygen atoms in total. The van der Waals surface area contributed by atoms with Crippen molar-refractivity contribution in [2.75, 3.05) is 0 Å². The largest absolute Gasteiger partial charge is 0.478 e. The molecule has 1 heterocycles. The van der Waals surface area contributed by atoms with Crippen molar-refractivity contribution in [2.45, 2.75) is 24.1 Å². The Morgan fingerprint density at radius 3 is 3.00 bits per heavy atom. The van der Waals surface area contributed by atoms with Crippen LogP contribution in [0.3, 0.4) is 0 Å². The number of nitrogens with zero attached hydrogens (tertiary/aromatic N) is 2. The van der Waals surface area contributed by atoms with Gasteiger partial charge in [-0.25, -0.2) is 4.79 Å². The van der Waals surface area contributed by atoms with E-state index < -0.39 is 5.97 Å². The van der Waals surface area contributed by atoms with Crippen LogP contribution < -0.4 is 0 Å². The Morgan fingerprint density at radius 1 is 1.50 bits per heavy atom. The molecule has 0 saturated heterocycles. The molecule has 0 aliphatic rings. The summed E-state index contributed by atoms with van der Waals surface area (Å²) in [4.78, 5) is 11.8. The fourth-order valence-electron chi connectivity index (χ4n) is 1.54. The van der Waals surface area contributed by atoms with Crippen molar-refractivity contribution in [1.82, 2.24) is 9.78 Å². The molecule has 1 N–H and O–H groups in total. The number of aryl methyl sites for hydroxylation is 1. The highest BCUT2D eigenvalue weighted by Crippen LogP contribution is 2.23. The van der Waals surface area contributed by atoms with Gasteiger partial charge in [-0.05, 0) is 25.1 Å². The zero-order chi connectivity index (χ0) is 13.0. The topological polar surface area (TPSA) is 55.1 Å². The zero-order valence-corrected chi connectivity index (χ0v) is 10.9. The van der Waals surface area contributed by atoms with Gasteiger partial charge in [-0.15, -0.1) is 11.8 Å². The lowest BCUT2D eigenvalue weighted by Gasteiger charge is -2.01. The van der Waals surface area contributed by atoms with Gasteiger partial charge in [0.2, 0.25) is 0 Å². The smallest absolute Gasteiger partial charge is 0.335 e. The fraction of sp³-hybridized carbons (Fsp3) is 0.231. The first-order chi connectivity index (χ1) is 8.69. The number of rotatable bonds is 5. The van der Waals surface area contributed by atoms with E-state index in [0.29, 0.717) is 5.56 Å². The predicted octanol–water partition coefficient (Wildman–Crippen LogP) is 2.89. The molecule has 0 unspecified atom stereocenters. The Labute approximate surface area is 110 Å². The maximum Gasteiger partial charge on any atom is 0.335 e. The van der Waals surface area contributed by atoms with Gasteiger partial charge in [-0.2, -0.15) is 5.10 Å². The summed E-state index contributed by atoms with van der Waals surface area (Å²) in [5, 5.41) is 13.1. The van der Waals surface area contributed by atoms with Crippen LogP contribution in [0.1, 0.15) is 22.8 Å². The first-order valence-electron chi connectivity index (χ1n) is 5.66. The Kier molecular flexibility index (Phi) is 4.04. The highest BCUT2D eigenvalue weighted by Gasteiger charge is 2.04. The molecule has 2 aromatic rings. The summed E-state index contributed by atoms with van der Waals surface area (Å²) in [7, 11) is 0. The van der Waals surface area contributed by atoms with E-state index >= 15 is 0 Å². The third-order valence-corrected chi connectivity index (χ3v) is 3.56. The molecule has 0 fully saturated rings. The normalized spacial score (nSPS) is 10.5. The second-order valence-electron chi connectivity index (χ2n) is 3.83. The Bertz CT molecular complexity index is 551. The number of hydrogen-bond acceptors (Lipinski definition) is 3. The van der Waals surface area contributed by atoms with Crippen LogP contribution in [0.2, 0.25) is 0 Å². The Balaban J connectivity index is 2.01. The predicted molar refractivity (Wildman–Crippen MR) is 70.9 cm³/mol. The highest BCUT2D eigenvalue weighted by molar-refractivity contribution is 7.98. The van der Waals surface area contributed by atoms with Gasteiger partial charge in [-0.1, -0.05) is 6.07 Å². The van der Waals surface area contributed by atoms with Crippen molar-refractivity contribution in [2.24, 2.45) is 0 Å². The molecule has 18 heavy (non-hydrogen) atoms. The van der Waals surface area contributed by atoms with E-state index in [9.17, 15) is 4.79 Å². The summed E-state index contributed by atoms with van der Waals surface area (Å²) in [6, 6.07) is 6.97. The Hall–Kier alpha value is -1.75. The van der Waals surface area contributed by atoms with Crippen LogP contribution in [0.25, 0.3) is 0 Å². The van der Waals surface area contributed by atoms with Gasteiger partial charge in [0, 0.05) is 29.0 Å². The number of aromatic nitrogens is 2. The second-order valence-corrected chi connectivity index (χ2v) is 4.87. The van der Waals surface area contributed by atoms with Gasteiger partial charge in [0.05, 0.1) is 11.8 Å². The highest BCUT2D eigenvalue weighted by atomic mass is 32.2. The SMILES string of the molecule is CCn1cc(CSc2cccc(C(=O)O)c2)cn1. The molecular formula is C13H14N2O2S. The van der Waals surface area contributed by atoms with Crippen molar-refractivity contribution in [3.63, 3.8) is 0 Å². The number of carboxylic acids is 1. The van der Waals surface area contributed by atoms with Crippen molar-refractivity contribution < 1.29 is 9.90 Å². The molecule has 0 aliphatic heterocycles. The van der Waals surface area contributed by atoms with Crippen molar-refractivity contribution in [1.29, 1.82) is 0 Å². The summed E-state index contributed by atoms with van der Waals surface area (Å²) in [6.45, 7) is 2.90. The number of carbonyl (C=O) groups is 1. The van der Waals surface area contributed by atoms with Gasteiger partial charge < -0.3 is 5.11 Å². The lowest BCUT2D eigenvalue weighted by molar-refractivity contribution is 0.0696. The monoisotopic (exact) mass is 262 g/mol. The Morgan fingerprint density at radius 2 is 2.33 bits per heavy atom. The first-order valence-corrected chi connectivity index (χ1v) is 6.65. The molecule has 0 amide bonds. The summed E-state index contributed by atoms with van der Waals surface area (Å²) in [6.07, 6.45) is 3.85. The molecule has 0 bridgehead atoms. The molecular weight excluding hydrogens is 248 g/mol. The quantitative estimate of drug-likeness (QED) is 0.842. The van der Waals surface area contributed by atoms with Crippen LogP contribution in [0.5, 0.6) is 0 Å². The van der Waals surface area contributed by atoms with Crippen LogP contribution in [0.4, 0.5) is 0 Å². The van der Waals surface area contributed by atoms with Gasteiger partial charge >= 0.3 is 5.97 Å². The van der Waals surface area contributed by atoms with Crippen LogP contribution in [0.15, 0.2) is 41.6 Å². The van der Waals surface area contributed by atoms with Crippen LogP contribution in [0, 0.1) is 0 Å². The van der Waals surface area contributed by atoms with Crippen LogP contribution >= 0.6 is 11.8 Å². The average molecular weight is 262 g/mol. The molecule has 0 radical (unpaired) electrons. The van der Waals surface area contributed by atoms with Gasteiger partial charge in [0.25, 0.3) is 0 Å². The summed E-state index contributed by atoms with van der Waals surface area (Å²) in [5.41, 5.74) is 1.46. The summed E-state index contributed by atoms with van der Waals surface area (Å²) in [5.74, 6) is -0.0976. The second kappa shape index (κ2) is 5.73. The van der Waals surface area contributed by atoms with Crippen LogP contribution in [-0.4, -0.2) is 20.9 Å². The molecule has 0 saturated carbocycles. The van der Waals surface area contributed by atoms with E-state index in [0.717, 1.165) is 22.8 Å². The zero-order valence-electron chi connectivity index (χ0n) is 10.0. The van der Waals surface area contributed by atoms with E-state index in [4.69, 9.17) is 5.11 Å². The van der Waals surface area contributed by atoms with Crippen LogP contribution in [-0.2, 0) is 12.3 Å². The van der Waals surface area contributed by atoms with Crippen molar-refractivity contribution in [3.05, 3.63) is 47.8 Å². The molecule has 0 spiro atoms. The minimum atomic E-state index is -0.892. The molecule has 1 aromatic heterocycles. The van der Waals surface area contributed by atoms with E-state index in [1.165, 1.54) is 0 Å². The number of hydrogen-bond donors (Lipinski definition) is 1. The minimum Gasteiger partial charge on any atom is -0.478 e. The van der Waals surface area contributed by atoms with Crippen molar-refractivity contribution >= 4 is 17.7 Å². The number of carboxylic acid groups (broad SMARTS) is 1. The minimum absolute atomic E-state index is 0.323. The van der Waals surface area contributed by atoms with E-state index in [-0.39, 0.29) is 0 Å². The molecule has 5 heteroatoms. The number of aromatic carboxylic acids is 1. The number of thioether (sulfide) groups is 1. The summed E-state index contributed by atoms with van der Waals surface area (Å²) < 4.78 is 1.88. The van der Waals surface area contributed by atoms with Gasteiger partial charge in [0.1, 0.15) is 0 Å². The van der Waals surface area contributed by atoms with Gasteiger partial charge in [0.15, 0.2) is 0 Å². The van der Waals surface area contributed by atoms with Gasteiger partial charge in [-0.3, -0.25) is 4.68 Å². The molecule has 0 atom stereocenters. The number of benzene rings is 1. The molecule has 1 aromatic carbocycles. The van der Waals surface area contributed by atoms with E-state index in [2.05, 4.69) is 5.10 Å². The average Bonchev–Trinajstić information content (AvgIpc) is 2.84. The molecule has 2 rings (SSSR count). The maximum atomic E-state index is 10.8.